The zero-order valence-electron chi connectivity index (χ0n) is 11.6. The minimum Gasteiger partial charge on any atom is -0.463 e. The van der Waals surface area contributed by atoms with Gasteiger partial charge in [0.15, 0.2) is 0 Å². The molecule has 0 aliphatic carbocycles. The van der Waals surface area contributed by atoms with Gasteiger partial charge in [-0.05, 0) is 34.1 Å². The molecule has 0 fully saturated rings. The van der Waals surface area contributed by atoms with Crippen LogP contribution < -0.4 is 0 Å². The highest BCUT2D eigenvalue weighted by molar-refractivity contribution is 5.75. The van der Waals surface area contributed by atoms with E-state index in [1.165, 1.54) is 25.7 Å². The van der Waals surface area contributed by atoms with Gasteiger partial charge in [-0.25, -0.2) is 0 Å². The Morgan fingerprint density at radius 1 is 1.12 bits per heavy atom. The van der Waals surface area contributed by atoms with Crippen molar-refractivity contribution < 1.29 is 9.53 Å². The van der Waals surface area contributed by atoms with Crippen LogP contribution in [0.2, 0.25) is 0 Å². The lowest BCUT2D eigenvalue weighted by molar-refractivity contribution is -0.158. The first-order valence-corrected chi connectivity index (χ1v) is 6.61. The predicted octanol–water partition coefficient (Wildman–Crippen LogP) is 4.32. The molecule has 0 aromatic carbocycles. The number of hydrogen-bond acceptors (Lipinski definition) is 2. The lowest BCUT2D eigenvalue weighted by Gasteiger charge is -2.23. The van der Waals surface area contributed by atoms with Gasteiger partial charge in [-0.3, -0.25) is 4.79 Å². The molecular formula is C14H28O2. The van der Waals surface area contributed by atoms with Crippen LogP contribution in [0, 0.1) is 5.41 Å². The van der Waals surface area contributed by atoms with E-state index < -0.39 is 0 Å². The van der Waals surface area contributed by atoms with Crippen molar-refractivity contribution in [2.45, 2.75) is 79.2 Å². The van der Waals surface area contributed by atoms with Crippen molar-refractivity contribution >= 4 is 5.97 Å². The first-order chi connectivity index (χ1) is 7.40. The Labute approximate surface area is 101 Å². The molecule has 0 unspecified atom stereocenters. The largest absolute Gasteiger partial charge is 0.463 e. The van der Waals surface area contributed by atoms with Crippen LogP contribution in [-0.2, 0) is 9.53 Å². The predicted molar refractivity (Wildman–Crippen MR) is 68.4 cm³/mol. The van der Waals surface area contributed by atoms with Crippen LogP contribution in [0.1, 0.15) is 73.1 Å². The number of carbonyl (C=O) groups is 1. The molecule has 0 bridgehead atoms. The summed E-state index contributed by atoms with van der Waals surface area (Å²) in [6, 6.07) is 0. The van der Waals surface area contributed by atoms with Crippen molar-refractivity contribution in [2.24, 2.45) is 5.41 Å². The maximum absolute atomic E-state index is 11.8. The van der Waals surface area contributed by atoms with E-state index in [1.54, 1.807) is 0 Å². The van der Waals surface area contributed by atoms with E-state index in [0.29, 0.717) is 0 Å². The summed E-state index contributed by atoms with van der Waals surface area (Å²) in [6.07, 6.45) is 7.13. The normalized spacial score (nSPS) is 11.9. The Hall–Kier alpha value is -0.530. The second-order valence-electron chi connectivity index (χ2n) is 5.50. The van der Waals surface area contributed by atoms with Crippen molar-refractivity contribution in [3.05, 3.63) is 0 Å². The van der Waals surface area contributed by atoms with Crippen molar-refractivity contribution in [3.63, 3.8) is 0 Å². The quantitative estimate of drug-likeness (QED) is 0.456. The first kappa shape index (κ1) is 15.5. The van der Waals surface area contributed by atoms with Crippen LogP contribution in [0.15, 0.2) is 0 Å². The first-order valence-electron chi connectivity index (χ1n) is 6.61. The summed E-state index contributed by atoms with van der Waals surface area (Å²) in [4.78, 5) is 11.8. The third-order valence-corrected chi connectivity index (χ3v) is 2.80. The molecule has 0 aromatic rings. The van der Waals surface area contributed by atoms with Gasteiger partial charge in [0.25, 0.3) is 0 Å². The Morgan fingerprint density at radius 2 is 1.69 bits per heavy atom. The van der Waals surface area contributed by atoms with Gasteiger partial charge in [-0.2, -0.15) is 0 Å². The molecule has 0 radical (unpaired) electrons. The van der Waals surface area contributed by atoms with Gasteiger partial charge in [0.05, 0.1) is 11.5 Å². The SMILES string of the molecule is CCCCCCCC(C)(C)C(=O)OC(C)C. The molecule has 16 heavy (non-hydrogen) atoms. The third kappa shape index (κ3) is 6.86. The summed E-state index contributed by atoms with van der Waals surface area (Å²) >= 11 is 0. The van der Waals surface area contributed by atoms with Crippen LogP contribution in [0.25, 0.3) is 0 Å². The number of unbranched alkanes of at least 4 members (excludes halogenated alkanes) is 4. The molecule has 96 valence electrons. The summed E-state index contributed by atoms with van der Waals surface area (Å²) in [5, 5.41) is 0. The molecule has 0 aromatic heterocycles. The van der Waals surface area contributed by atoms with Crippen LogP contribution in [0.3, 0.4) is 0 Å². The van der Waals surface area contributed by atoms with E-state index >= 15 is 0 Å². The Morgan fingerprint density at radius 3 is 2.19 bits per heavy atom. The summed E-state index contributed by atoms with van der Waals surface area (Å²) in [5.41, 5.74) is -0.323. The standard InChI is InChI=1S/C14H28O2/c1-6-7-8-9-10-11-14(4,5)13(15)16-12(2)3/h12H,6-11H2,1-5H3. The van der Waals surface area contributed by atoms with E-state index in [9.17, 15) is 4.79 Å². The van der Waals surface area contributed by atoms with Crippen molar-refractivity contribution in [1.29, 1.82) is 0 Å². The van der Waals surface area contributed by atoms with Crippen LogP contribution in [-0.4, -0.2) is 12.1 Å². The monoisotopic (exact) mass is 228 g/mol. The van der Waals surface area contributed by atoms with E-state index in [1.807, 2.05) is 27.7 Å². The molecule has 0 spiro atoms. The fourth-order valence-electron chi connectivity index (χ4n) is 1.65. The molecule has 2 heteroatoms. The molecule has 0 rings (SSSR count). The van der Waals surface area contributed by atoms with Gasteiger partial charge < -0.3 is 4.74 Å². The molecule has 2 nitrogen and oxygen atoms in total. The maximum Gasteiger partial charge on any atom is 0.311 e. The molecule has 0 aliphatic rings. The van der Waals surface area contributed by atoms with Gasteiger partial charge in [-0.1, -0.05) is 39.0 Å². The summed E-state index contributed by atoms with van der Waals surface area (Å²) in [5.74, 6) is -0.0574. The number of ether oxygens (including phenoxy) is 1. The molecule has 0 heterocycles. The Kier molecular flexibility index (Phi) is 7.44. The second kappa shape index (κ2) is 7.70. The lowest BCUT2D eigenvalue weighted by Crippen LogP contribution is -2.28. The van der Waals surface area contributed by atoms with Gasteiger partial charge in [0.1, 0.15) is 0 Å². The number of rotatable bonds is 8. The number of carbonyl (C=O) groups excluding carboxylic acids is 1. The van der Waals surface area contributed by atoms with E-state index in [-0.39, 0.29) is 17.5 Å². The highest BCUT2D eigenvalue weighted by atomic mass is 16.5. The highest BCUT2D eigenvalue weighted by Crippen LogP contribution is 2.26. The summed E-state index contributed by atoms with van der Waals surface area (Å²) < 4.78 is 5.25. The fraction of sp³-hybridized carbons (Fsp3) is 0.929. The molecule has 0 saturated heterocycles. The average Bonchev–Trinajstić information content (AvgIpc) is 2.16. The average molecular weight is 228 g/mol. The molecule has 0 amide bonds. The Balaban J connectivity index is 3.81. The zero-order chi connectivity index (χ0) is 12.6. The van der Waals surface area contributed by atoms with E-state index in [4.69, 9.17) is 4.74 Å². The Bertz CT molecular complexity index is 195. The molecule has 0 saturated carbocycles. The van der Waals surface area contributed by atoms with Gasteiger partial charge >= 0.3 is 5.97 Å². The molecule has 0 N–H and O–H groups in total. The van der Waals surface area contributed by atoms with E-state index in [2.05, 4.69) is 6.92 Å². The number of hydrogen-bond donors (Lipinski definition) is 0. The number of esters is 1. The van der Waals surface area contributed by atoms with Gasteiger partial charge in [-0.15, -0.1) is 0 Å². The molecule has 0 atom stereocenters. The smallest absolute Gasteiger partial charge is 0.311 e. The second-order valence-corrected chi connectivity index (χ2v) is 5.50. The minimum atomic E-state index is -0.323. The van der Waals surface area contributed by atoms with Crippen molar-refractivity contribution in [1.82, 2.24) is 0 Å². The molecular weight excluding hydrogens is 200 g/mol. The highest BCUT2D eigenvalue weighted by Gasteiger charge is 2.29. The van der Waals surface area contributed by atoms with Crippen LogP contribution in [0.5, 0.6) is 0 Å². The van der Waals surface area contributed by atoms with Crippen LogP contribution >= 0.6 is 0 Å². The summed E-state index contributed by atoms with van der Waals surface area (Å²) in [6.45, 7) is 9.98. The lowest BCUT2D eigenvalue weighted by atomic mass is 9.87. The van der Waals surface area contributed by atoms with Gasteiger partial charge in [0, 0.05) is 0 Å². The van der Waals surface area contributed by atoms with E-state index in [0.717, 1.165) is 12.8 Å². The fourth-order valence-corrected chi connectivity index (χ4v) is 1.65. The third-order valence-electron chi connectivity index (χ3n) is 2.80. The van der Waals surface area contributed by atoms with Gasteiger partial charge in [0.2, 0.25) is 0 Å². The zero-order valence-corrected chi connectivity index (χ0v) is 11.6. The van der Waals surface area contributed by atoms with Crippen molar-refractivity contribution in [2.75, 3.05) is 0 Å². The molecule has 0 aliphatic heterocycles. The topological polar surface area (TPSA) is 26.3 Å². The summed E-state index contributed by atoms with van der Waals surface area (Å²) in [7, 11) is 0. The maximum atomic E-state index is 11.8. The van der Waals surface area contributed by atoms with Crippen LogP contribution in [0.4, 0.5) is 0 Å². The minimum absolute atomic E-state index is 0.00753. The van der Waals surface area contributed by atoms with Crippen molar-refractivity contribution in [3.8, 4) is 0 Å².